The molecule has 0 radical (unpaired) electrons. The average Bonchev–Trinajstić information content (AvgIpc) is 1.61. The first-order valence-electron chi connectivity index (χ1n) is 3.00. The SMILES string of the molecule is CC(C)SC[C@@H](C)N.Cl. The quantitative estimate of drug-likeness (QED) is 0.699. The second kappa shape index (κ2) is 6.72. The van der Waals surface area contributed by atoms with Gasteiger partial charge in [0.2, 0.25) is 0 Å². The molecule has 0 amide bonds. The highest BCUT2D eigenvalue weighted by Gasteiger charge is 1.95. The summed E-state index contributed by atoms with van der Waals surface area (Å²) in [6, 6.07) is 0.349. The highest BCUT2D eigenvalue weighted by molar-refractivity contribution is 7.99. The molecule has 58 valence electrons. The Hall–Kier alpha value is 0.600. The summed E-state index contributed by atoms with van der Waals surface area (Å²) in [5.41, 5.74) is 5.52. The van der Waals surface area contributed by atoms with Gasteiger partial charge in [0.15, 0.2) is 0 Å². The Morgan fingerprint density at radius 1 is 1.33 bits per heavy atom. The lowest BCUT2D eigenvalue weighted by Crippen LogP contribution is -2.18. The summed E-state index contributed by atoms with van der Waals surface area (Å²) in [6.45, 7) is 6.41. The van der Waals surface area contributed by atoms with Crippen LogP contribution in [-0.4, -0.2) is 17.0 Å². The summed E-state index contributed by atoms with van der Waals surface area (Å²) in [5.74, 6) is 1.08. The minimum Gasteiger partial charge on any atom is -0.327 e. The van der Waals surface area contributed by atoms with E-state index >= 15 is 0 Å². The molecule has 0 aromatic carbocycles. The number of thioether (sulfide) groups is 1. The van der Waals surface area contributed by atoms with E-state index in [2.05, 4.69) is 13.8 Å². The lowest BCUT2D eigenvalue weighted by molar-refractivity contribution is 0.844. The van der Waals surface area contributed by atoms with E-state index in [-0.39, 0.29) is 12.4 Å². The molecule has 0 aromatic rings. The Bertz CT molecular complexity index is 49.0. The molecule has 0 aliphatic rings. The van der Waals surface area contributed by atoms with Crippen LogP contribution in [0.3, 0.4) is 0 Å². The van der Waals surface area contributed by atoms with Gasteiger partial charge in [-0.05, 0) is 12.2 Å². The highest BCUT2D eigenvalue weighted by atomic mass is 35.5. The molecule has 1 atom stereocenters. The van der Waals surface area contributed by atoms with E-state index in [9.17, 15) is 0 Å². The first kappa shape index (κ1) is 12.3. The van der Waals surface area contributed by atoms with Crippen LogP contribution < -0.4 is 5.73 Å². The van der Waals surface area contributed by atoms with Crippen molar-refractivity contribution in [2.24, 2.45) is 5.73 Å². The van der Waals surface area contributed by atoms with Gasteiger partial charge in [-0.25, -0.2) is 0 Å². The Morgan fingerprint density at radius 3 is 1.89 bits per heavy atom. The minimum absolute atomic E-state index is 0. The van der Waals surface area contributed by atoms with Crippen LogP contribution in [-0.2, 0) is 0 Å². The van der Waals surface area contributed by atoms with Crippen molar-refractivity contribution in [3.63, 3.8) is 0 Å². The Balaban J connectivity index is 0. The van der Waals surface area contributed by atoms with Crippen molar-refractivity contribution in [2.75, 3.05) is 5.75 Å². The molecule has 1 nitrogen and oxygen atoms in total. The van der Waals surface area contributed by atoms with E-state index in [1.54, 1.807) is 0 Å². The molecule has 0 fully saturated rings. The molecule has 0 aromatic heterocycles. The molecular formula is C6H16ClNS. The molecule has 3 heteroatoms. The zero-order chi connectivity index (χ0) is 6.57. The Kier molecular flexibility index (Phi) is 9.17. The lowest BCUT2D eigenvalue weighted by atomic mass is 10.4. The summed E-state index contributed by atoms with van der Waals surface area (Å²) in [7, 11) is 0. The van der Waals surface area contributed by atoms with Crippen LogP contribution in [0.2, 0.25) is 0 Å². The van der Waals surface area contributed by atoms with Crippen molar-refractivity contribution in [2.45, 2.75) is 32.1 Å². The van der Waals surface area contributed by atoms with Gasteiger partial charge in [0, 0.05) is 11.8 Å². The number of halogens is 1. The van der Waals surface area contributed by atoms with Crippen molar-refractivity contribution >= 4 is 24.2 Å². The maximum Gasteiger partial charge on any atom is 0.0102 e. The fraction of sp³-hybridized carbons (Fsp3) is 1.00. The minimum atomic E-state index is 0. The third-order valence-corrected chi connectivity index (χ3v) is 2.08. The normalized spacial score (nSPS) is 13.0. The van der Waals surface area contributed by atoms with Crippen molar-refractivity contribution in [3.8, 4) is 0 Å². The number of rotatable bonds is 3. The molecule has 0 saturated heterocycles. The summed E-state index contributed by atoms with van der Waals surface area (Å²) >= 11 is 1.91. The maximum atomic E-state index is 5.52. The fourth-order valence-electron chi connectivity index (χ4n) is 0.344. The van der Waals surface area contributed by atoms with Crippen LogP contribution in [0.5, 0.6) is 0 Å². The lowest BCUT2D eigenvalue weighted by Gasteiger charge is -2.05. The summed E-state index contributed by atoms with van der Waals surface area (Å²) in [4.78, 5) is 0. The van der Waals surface area contributed by atoms with Gasteiger partial charge < -0.3 is 5.73 Å². The number of nitrogens with two attached hydrogens (primary N) is 1. The van der Waals surface area contributed by atoms with Gasteiger partial charge >= 0.3 is 0 Å². The second-order valence-electron chi connectivity index (χ2n) is 2.36. The van der Waals surface area contributed by atoms with Crippen LogP contribution >= 0.6 is 24.2 Å². The largest absolute Gasteiger partial charge is 0.327 e. The van der Waals surface area contributed by atoms with E-state index in [4.69, 9.17) is 5.73 Å². The maximum absolute atomic E-state index is 5.52. The van der Waals surface area contributed by atoms with Gasteiger partial charge in [0.25, 0.3) is 0 Å². The Labute approximate surface area is 68.2 Å². The zero-order valence-electron chi connectivity index (χ0n) is 6.26. The first-order valence-corrected chi connectivity index (χ1v) is 4.05. The zero-order valence-corrected chi connectivity index (χ0v) is 7.89. The van der Waals surface area contributed by atoms with Crippen LogP contribution in [0, 0.1) is 0 Å². The summed E-state index contributed by atoms with van der Waals surface area (Å²) in [6.07, 6.45) is 0. The van der Waals surface area contributed by atoms with Crippen LogP contribution in [0.15, 0.2) is 0 Å². The molecule has 0 spiro atoms. The van der Waals surface area contributed by atoms with Gasteiger partial charge in [0.05, 0.1) is 0 Å². The monoisotopic (exact) mass is 169 g/mol. The van der Waals surface area contributed by atoms with Crippen molar-refractivity contribution in [1.82, 2.24) is 0 Å². The van der Waals surface area contributed by atoms with E-state index in [1.807, 2.05) is 18.7 Å². The Morgan fingerprint density at radius 2 is 1.78 bits per heavy atom. The third-order valence-electron chi connectivity index (χ3n) is 0.692. The molecule has 0 aliphatic heterocycles. The van der Waals surface area contributed by atoms with E-state index in [1.165, 1.54) is 0 Å². The molecule has 0 saturated carbocycles. The van der Waals surface area contributed by atoms with Gasteiger partial charge in [-0.1, -0.05) is 13.8 Å². The van der Waals surface area contributed by atoms with Crippen molar-refractivity contribution < 1.29 is 0 Å². The third kappa shape index (κ3) is 11.9. The molecule has 0 rings (SSSR count). The highest BCUT2D eigenvalue weighted by Crippen LogP contribution is 2.08. The molecular weight excluding hydrogens is 154 g/mol. The first-order chi connectivity index (χ1) is 3.63. The van der Waals surface area contributed by atoms with Crippen molar-refractivity contribution in [3.05, 3.63) is 0 Å². The standard InChI is InChI=1S/C6H15NS.ClH/c1-5(2)8-4-6(3)7;/h5-6H,4,7H2,1-3H3;1H/t6-;/m1./s1. The second-order valence-corrected chi connectivity index (χ2v) is 3.97. The summed E-state index contributed by atoms with van der Waals surface area (Å²) < 4.78 is 0. The van der Waals surface area contributed by atoms with Crippen LogP contribution in [0.1, 0.15) is 20.8 Å². The number of hydrogen-bond acceptors (Lipinski definition) is 2. The molecule has 0 heterocycles. The molecule has 9 heavy (non-hydrogen) atoms. The molecule has 0 bridgehead atoms. The average molecular weight is 170 g/mol. The molecule has 0 aliphatic carbocycles. The molecule has 0 unspecified atom stereocenters. The smallest absolute Gasteiger partial charge is 0.0102 e. The predicted octanol–water partition coefficient (Wildman–Crippen LogP) is 1.90. The topological polar surface area (TPSA) is 26.0 Å². The summed E-state index contributed by atoms with van der Waals surface area (Å²) in [5, 5.41) is 0.723. The van der Waals surface area contributed by atoms with E-state index in [0.29, 0.717) is 6.04 Å². The number of hydrogen-bond donors (Lipinski definition) is 1. The van der Waals surface area contributed by atoms with Gasteiger partial charge in [-0.2, -0.15) is 11.8 Å². The van der Waals surface area contributed by atoms with Gasteiger partial charge in [-0.15, -0.1) is 12.4 Å². The van der Waals surface area contributed by atoms with Gasteiger partial charge in [-0.3, -0.25) is 0 Å². The fourth-order valence-corrected chi connectivity index (χ4v) is 1.03. The van der Waals surface area contributed by atoms with Crippen LogP contribution in [0.25, 0.3) is 0 Å². The van der Waals surface area contributed by atoms with Crippen molar-refractivity contribution in [1.29, 1.82) is 0 Å². The van der Waals surface area contributed by atoms with E-state index in [0.717, 1.165) is 11.0 Å². The van der Waals surface area contributed by atoms with Gasteiger partial charge in [0.1, 0.15) is 0 Å². The van der Waals surface area contributed by atoms with Crippen LogP contribution in [0.4, 0.5) is 0 Å². The predicted molar refractivity (Wildman–Crippen MR) is 48.5 cm³/mol. The van der Waals surface area contributed by atoms with E-state index < -0.39 is 0 Å². The molecule has 2 N–H and O–H groups in total.